The average Bonchev–Trinajstić information content (AvgIpc) is 2.78. The number of amides is 1. The highest BCUT2D eigenvalue weighted by molar-refractivity contribution is 7.19. The van der Waals surface area contributed by atoms with E-state index in [0.717, 1.165) is 10.4 Å². The number of halogens is 1. The van der Waals surface area contributed by atoms with Crippen molar-refractivity contribution in [2.24, 2.45) is 0 Å². The van der Waals surface area contributed by atoms with Gasteiger partial charge in [0, 0.05) is 11.2 Å². The van der Waals surface area contributed by atoms with Gasteiger partial charge in [-0.1, -0.05) is 35.1 Å². The Labute approximate surface area is 114 Å². The van der Waals surface area contributed by atoms with Gasteiger partial charge in [-0.05, 0) is 24.6 Å². The number of hydrogen-bond donors (Lipinski definition) is 1. The lowest BCUT2D eigenvalue weighted by molar-refractivity contribution is 0.168. The predicted octanol–water partition coefficient (Wildman–Crippen LogP) is 4.03. The topological polar surface area (TPSA) is 51.2 Å². The molecule has 0 aliphatic carbocycles. The van der Waals surface area contributed by atoms with E-state index >= 15 is 0 Å². The summed E-state index contributed by atoms with van der Waals surface area (Å²) in [7, 11) is 0. The van der Waals surface area contributed by atoms with Crippen molar-refractivity contribution >= 4 is 34.2 Å². The van der Waals surface area contributed by atoms with Crippen LogP contribution in [-0.2, 0) is 4.74 Å². The fourth-order valence-electron chi connectivity index (χ4n) is 1.33. The molecule has 0 bridgehead atoms. The number of rotatable bonds is 3. The van der Waals surface area contributed by atoms with Gasteiger partial charge >= 0.3 is 6.09 Å². The highest BCUT2D eigenvalue weighted by atomic mass is 35.5. The third-order valence-corrected chi connectivity index (χ3v) is 3.33. The van der Waals surface area contributed by atoms with Crippen molar-refractivity contribution in [3.05, 3.63) is 35.5 Å². The minimum atomic E-state index is -0.491. The number of benzene rings is 1. The first-order valence-electron chi connectivity index (χ1n) is 5.34. The molecule has 1 aromatic carbocycles. The van der Waals surface area contributed by atoms with E-state index in [0.29, 0.717) is 16.8 Å². The molecule has 0 saturated carbocycles. The number of thiazole rings is 1. The molecule has 0 fully saturated rings. The maximum Gasteiger partial charge on any atom is 0.413 e. The second-order valence-electron chi connectivity index (χ2n) is 3.38. The molecule has 0 atom stereocenters. The second-order valence-corrected chi connectivity index (χ2v) is 4.85. The first-order chi connectivity index (χ1) is 8.69. The molecule has 0 radical (unpaired) electrons. The van der Waals surface area contributed by atoms with E-state index in [9.17, 15) is 4.79 Å². The van der Waals surface area contributed by atoms with E-state index in [-0.39, 0.29) is 0 Å². The zero-order valence-electron chi connectivity index (χ0n) is 9.64. The van der Waals surface area contributed by atoms with Crippen LogP contribution in [0.3, 0.4) is 0 Å². The minimum Gasteiger partial charge on any atom is -0.450 e. The molecule has 2 aromatic rings. The number of anilines is 1. The molecule has 6 heteroatoms. The quantitative estimate of drug-likeness (QED) is 0.924. The number of nitrogens with one attached hydrogen (secondary N) is 1. The molecule has 18 heavy (non-hydrogen) atoms. The maximum atomic E-state index is 11.2. The molecule has 1 aromatic heterocycles. The van der Waals surface area contributed by atoms with Crippen molar-refractivity contribution in [2.75, 3.05) is 11.9 Å². The minimum absolute atomic E-state index is 0.335. The summed E-state index contributed by atoms with van der Waals surface area (Å²) < 4.78 is 4.78. The van der Waals surface area contributed by atoms with E-state index in [4.69, 9.17) is 16.3 Å². The van der Waals surface area contributed by atoms with Crippen LogP contribution >= 0.6 is 22.9 Å². The van der Waals surface area contributed by atoms with Crippen molar-refractivity contribution in [3.8, 4) is 10.4 Å². The highest BCUT2D eigenvalue weighted by Gasteiger charge is 2.08. The Kier molecular flexibility index (Phi) is 4.17. The van der Waals surface area contributed by atoms with Crippen LogP contribution in [-0.4, -0.2) is 17.7 Å². The van der Waals surface area contributed by atoms with Crippen LogP contribution in [0.15, 0.2) is 30.5 Å². The second kappa shape index (κ2) is 5.84. The summed E-state index contributed by atoms with van der Waals surface area (Å²) in [6.45, 7) is 2.09. The van der Waals surface area contributed by atoms with Crippen molar-refractivity contribution in [3.63, 3.8) is 0 Å². The lowest BCUT2D eigenvalue weighted by Gasteiger charge is -2.00. The standard InChI is InChI=1S/C12H11ClN2O2S/c1-2-17-12(16)15-11-14-7-10(18-11)8-3-5-9(13)6-4-8/h3-7H,2H2,1H3,(H,14,15,16). The smallest absolute Gasteiger partial charge is 0.413 e. The predicted molar refractivity (Wildman–Crippen MR) is 73.2 cm³/mol. The molecule has 2 rings (SSSR count). The van der Waals surface area contributed by atoms with Gasteiger partial charge < -0.3 is 4.74 Å². The van der Waals surface area contributed by atoms with E-state index < -0.39 is 6.09 Å². The molecular weight excluding hydrogens is 272 g/mol. The fraction of sp³-hybridized carbons (Fsp3) is 0.167. The van der Waals surface area contributed by atoms with Gasteiger partial charge in [-0.25, -0.2) is 9.78 Å². The van der Waals surface area contributed by atoms with E-state index in [1.807, 2.05) is 24.3 Å². The lowest BCUT2D eigenvalue weighted by Crippen LogP contribution is -2.12. The van der Waals surface area contributed by atoms with Gasteiger partial charge in [0.25, 0.3) is 0 Å². The Morgan fingerprint density at radius 3 is 2.83 bits per heavy atom. The molecule has 94 valence electrons. The third kappa shape index (κ3) is 3.21. The van der Waals surface area contributed by atoms with Crippen LogP contribution in [0.5, 0.6) is 0 Å². The Bertz CT molecular complexity index is 539. The number of ether oxygens (including phenoxy) is 1. The normalized spacial score (nSPS) is 10.1. The third-order valence-electron chi connectivity index (χ3n) is 2.12. The van der Waals surface area contributed by atoms with Gasteiger partial charge in [0.05, 0.1) is 11.5 Å². The number of aromatic nitrogens is 1. The SMILES string of the molecule is CCOC(=O)Nc1ncc(-c2ccc(Cl)cc2)s1. The summed E-state index contributed by atoms with van der Waals surface area (Å²) in [6.07, 6.45) is 1.21. The van der Waals surface area contributed by atoms with Gasteiger partial charge in [-0.3, -0.25) is 5.32 Å². The molecule has 4 nitrogen and oxygen atoms in total. The number of carbonyl (C=O) groups excluding carboxylic acids is 1. The zero-order valence-corrected chi connectivity index (χ0v) is 11.2. The summed E-state index contributed by atoms with van der Waals surface area (Å²) in [6, 6.07) is 7.44. The average molecular weight is 283 g/mol. The van der Waals surface area contributed by atoms with Crippen molar-refractivity contribution in [1.29, 1.82) is 0 Å². The molecule has 1 N–H and O–H groups in total. The first kappa shape index (κ1) is 12.9. The molecule has 1 amide bonds. The van der Waals surface area contributed by atoms with Crippen LogP contribution in [0.1, 0.15) is 6.92 Å². The maximum absolute atomic E-state index is 11.2. The zero-order chi connectivity index (χ0) is 13.0. The molecule has 0 aliphatic heterocycles. The van der Waals surface area contributed by atoms with E-state index in [1.54, 1.807) is 13.1 Å². The van der Waals surface area contributed by atoms with Crippen LogP contribution in [0, 0.1) is 0 Å². The monoisotopic (exact) mass is 282 g/mol. The summed E-state index contributed by atoms with van der Waals surface area (Å²) in [4.78, 5) is 16.3. The Morgan fingerprint density at radius 1 is 1.44 bits per heavy atom. The van der Waals surface area contributed by atoms with Gasteiger partial charge in [-0.15, -0.1) is 0 Å². The Hall–Kier alpha value is -1.59. The highest BCUT2D eigenvalue weighted by Crippen LogP contribution is 2.29. The number of carbonyl (C=O) groups is 1. The number of nitrogens with zero attached hydrogens (tertiary/aromatic N) is 1. The summed E-state index contributed by atoms with van der Waals surface area (Å²) >= 11 is 7.20. The van der Waals surface area contributed by atoms with Gasteiger partial charge in [0.15, 0.2) is 5.13 Å². The van der Waals surface area contributed by atoms with Crippen LogP contribution in [0.25, 0.3) is 10.4 Å². The molecular formula is C12H11ClN2O2S. The van der Waals surface area contributed by atoms with Gasteiger partial charge in [-0.2, -0.15) is 0 Å². The largest absolute Gasteiger partial charge is 0.450 e. The molecule has 0 saturated heterocycles. The van der Waals surface area contributed by atoms with Crippen LogP contribution in [0.4, 0.5) is 9.93 Å². The van der Waals surface area contributed by atoms with E-state index in [2.05, 4.69) is 10.3 Å². The van der Waals surface area contributed by atoms with Crippen molar-refractivity contribution in [2.45, 2.75) is 6.92 Å². The lowest BCUT2D eigenvalue weighted by atomic mass is 10.2. The molecule has 0 spiro atoms. The first-order valence-corrected chi connectivity index (χ1v) is 6.54. The summed E-state index contributed by atoms with van der Waals surface area (Å²) in [5.74, 6) is 0. The fourth-order valence-corrected chi connectivity index (χ4v) is 2.27. The summed E-state index contributed by atoms with van der Waals surface area (Å²) in [5.41, 5.74) is 1.01. The number of hydrogen-bond acceptors (Lipinski definition) is 4. The van der Waals surface area contributed by atoms with Gasteiger partial charge in [0.1, 0.15) is 0 Å². The van der Waals surface area contributed by atoms with Crippen LogP contribution < -0.4 is 5.32 Å². The molecule has 0 aliphatic rings. The van der Waals surface area contributed by atoms with Gasteiger partial charge in [0.2, 0.25) is 0 Å². The molecule has 0 unspecified atom stereocenters. The molecule has 1 heterocycles. The Morgan fingerprint density at radius 2 is 2.17 bits per heavy atom. The summed E-state index contributed by atoms with van der Waals surface area (Å²) in [5, 5.41) is 3.77. The van der Waals surface area contributed by atoms with E-state index in [1.165, 1.54) is 11.3 Å². The Balaban J connectivity index is 2.10. The van der Waals surface area contributed by atoms with Crippen molar-refractivity contribution < 1.29 is 9.53 Å². The van der Waals surface area contributed by atoms with Crippen molar-refractivity contribution in [1.82, 2.24) is 4.98 Å². The van der Waals surface area contributed by atoms with Crippen LogP contribution in [0.2, 0.25) is 5.02 Å².